The van der Waals surface area contributed by atoms with Gasteiger partial charge in [0.1, 0.15) is 12.4 Å². The van der Waals surface area contributed by atoms with E-state index in [2.05, 4.69) is 46.9 Å². The molecule has 18 heavy (non-hydrogen) atoms. The molecule has 0 aliphatic heterocycles. The zero-order chi connectivity index (χ0) is 13.0. The summed E-state index contributed by atoms with van der Waals surface area (Å²) in [7, 11) is 0. The molecule has 2 nitrogen and oxygen atoms in total. The third kappa shape index (κ3) is 3.71. The van der Waals surface area contributed by atoms with Crippen LogP contribution < -0.4 is 10.5 Å². The van der Waals surface area contributed by atoms with E-state index in [0.29, 0.717) is 6.61 Å². The maximum absolute atomic E-state index is 5.85. The number of halogens is 1. The average Bonchev–Trinajstić information content (AvgIpc) is 2.38. The average molecular weight is 353 g/mol. The van der Waals surface area contributed by atoms with Crippen LogP contribution in [0.1, 0.15) is 24.1 Å². The lowest BCUT2D eigenvalue weighted by Crippen LogP contribution is -2.05. The molecule has 0 aliphatic rings. The summed E-state index contributed by atoms with van der Waals surface area (Å²) < 4.78 is 7.00. The van der Waals surface area contributed by atoms with Gasteiger partial charge < -0.3 is 10.5 Å². The summed E-state index contributed by atoms with van der Waals surface area (Å²) in [4.78, 5) is 0. The Bertz CT molecular complexity index is 508. The van der Waals surface area contributed by atoms with Crippen molar-refractivity contribution in [1.29, 1.82) is 0 Å². The van der Waals surface area contributed by atoms with Crippen molar-refractivity contribution in [3.05, 3.63) is 63.2 Å². The second-order valence-electron chi connectivity index (χ2n) is 4.28. The largest absolute Gasteiger partial charge is 0.489 e. The topological polar surface area (TPSA) is 35.2 Å². The van der Waals surface area contributed by atoms with Crippen LogP contribution in [0.15, 0.2) is 48.5 Å². The summed E-state index contributed by atoms with van der Waals surface area (Å²) in [6.07, 6.45) is 0. The first-order valence-corrected chi connectivity index (χ1v) is 6.96. The van der Waals surface area contributed by atoms with Crippen LogP contribution in [0.25, 0.3) is 0 Å². The minimum atomic E-state index is 0.0341. The Labute approximate surface area is 121 Å². The van der Waals surface area contributed by atoms with E-state index >= 15 is 0 Å². The molecule has 0 aromatic heterocycles. The molecule has 2 aromatic carbocycles. The highest BCUT2D eigenvalue weighted by Crippen LogP contribution is 2.19. The predicted molar refractivity (Wildman–Crippen MR) is 82.5 cm³/mol. The van der Waals surface area contributed by atoms with E-state index < -0.39 is 0 Å². The molecule has 0 saturated carbocycles. The fourth-order valence-corrected chi connectivity index (χ4v) is 1.99. The van der Waals surface area contributed by atoms with E-state index in [-0.39, 0.29) is 6.04 Å². The van der Waals surface area contributed by atoms with Crippen LogP contribution in [0.2, 0.25) is 0 Å². The van der Waals surface area contributed by atoms with Gasteiger partial charge in [-0.3, -0.25) is 0 Å². The van der Waals surface area contributed by atoms with Crippen LogP contribution >= 0.6 is 22.6 Å². The zero-order valence-corrected chi connectivity index (χ0v) is 12.4. The fourth-order valence-electron chi connectivity index (χ4n) is 1.63. The molecule has 0 amide bonds. The highest BCUT2D eigenvalue weighted by atomic mass is 127. The number of ether oxygens (including phenoxy) is 1. The van der Waals surface area contributed by atoms with Crippen molar-refractivity contribution >= 4 is 22.6 Å². The van der Waals surface area contributed by atoms with Crippen molar-refractivity contribution in [3.63, 3.8) is 0 Å². The maximum atomic E-state index is 5.85. The summed E-state index contributed by atoms with van der Waals surface area (Å²) >= 11 is 2.29. The van der Waals surface area contributed by atoms with Crippen molar-refractivity contribution in [2.24, 2.45) is 5.73 Å². The third-order valence-corrected chi connectivity index (χ3v) is 3.42. The number of nitrogens with two attached hydrogens (primary N) is 1. The molecular weight excluding hydrogens is 337 g/mol. The van der Waals surface area contributed by atoms with Crippen molar-refractivity contribution in [2.45, 2.75) is 19.6 Å². The van der Waals surface area contributed by atoms with Crippen LogP contribution in [-0.2, 0) is 6.61 Å². The van der Waals surface area contributed by atoms with E-state index in [1.165, 1.54) is 9.13 Å². The molecule has 0 bridgehead atoms. The van der Waals surface area contributed by atoms with Crippen LogP contribution in [-0.4, -0.2) is 0 Å². The van der Waals surface area contributed by atoms with Crippen LogP contribution in [0.5, 0.6) is 5.75 Å². The Morgan fingerprint density at radius 3 is 2.56 bits per heavy atom. The number of hydrogen-bond donors (Lipinski definition) is 1. The Kier molecular flexibility index (Phi) is 4.60. The van der Waals surface area contributed by atoms with E-state index in [1.807, 2.05) is 31.2 Å². The van der Waals surface area contributed by atoms with Gasteiger partial charge in [0.2, 0.25) is 0 Å². The second-order valence-corrected chi connectivity index (χ2v) is 5.52. The van der Waals surface area contributed by atoms with E-state index in [4.69, 9.17) is 10.5 Å². The Hall–Kier alpha value is -1.07. The maximum Gasteiger partial charge on any atom is 0.120 e. The fraction of sp³-hybridized carbons (Fsp3) is 0.200. The molecule has 2 N–H and O–H groups in total. The normalized spacial score (nSPS) is 12.2. The van der Waals surface area contributed by atoms with Crippen molar-refractivity contribution in [3.8, 4) is 5.75 Å². The molecule has 2 rings (SSSR count). The zero-order valence-electron chi connectivity index (χ0n) is 10.3. The molecule has 3 heteroatoms. The highest BCUT2D eigenvalue weighted by Gasteiger charge is 2.01. The molecule has 0 saturated heterocycles. The smallest absolute Gasteiger partial charge is 0.120 e. The van der Waals surface area contributed by atoms with Crippen LogP contribution in [0, 0.1) is 3.57 Å². The van der Waals surface area contributed by atoms with Gasteiger partial charge >= 0.3 is 0 Å². The number of hydrogen-bond acceptors (Lipinski definition) is 2. The standard InChI is InChI=1S/C15H16INO/c1-11(17)13-3-2-4-15(9-13)18-10-12-5-7-14(16)8-6-12/h2-9,11H,10,17H2,1H3/t11-/m1/s1. The minimum Gasteiger partial charge on any atom is -0.489 e. The molecule has 0 heterocycles. The quantitative estimate of drug-likeness (QED) is 0.847. The van der Waals surface area contributed by atoms with Gasteiger partial charge in [-0.25, -0.2) is 0 Å². The van der Waals surface area contributed by atoms with Crippen molar-refractivity contribution in [1.82, 2.24) is 0 Å². The molecule has 0 spiro atoms. The molecule has 94 valence electrons. The summed E-state index contributed by atoms with van der Waals surface area (Å²) in [5.74, 6) is 0.864. The van der Waals surface area contributed by atoms with Gasteiger partial charge in [-0.15, -0.1) is 0 Å². The van der Waals surface area contributed by atoms with Gasteiger partial charge in [0, 0.05) is 9.61 Å². The van der Waals surface area contributed by atoms with Crippen molar-refractivity contribution < 1.29 is 4.74 Å². The van der Waals surface area contributed by atoms with E-state index in [0.717, 1.165) is 11.3 Å². The predicted octanol–water partition coefficient (Wildman–Crippen LogP) is 3.89. The Morgan fingerprint density at radius 2 is 1.89 bits per heavy atom. The Morgan fingerprint density at radius 1 is 1.17 bits per heavy atom. The van der Waals surface area contributed by atoms with Crippen LogP contribution in [0.3, 0.4) is 0 Å². The van der Waals surface area contributed by atoms with Gasteiger partial charge in [-0.1, -0.05) is 24.3 Å². The summed E-state index contributed by atoms with van der Waals surface area (Å²) in [6, 6.07) is 16.3. The van der Waals surface area contributed by atoms with E-state index in [9.17, 15) is 0 Å². The lowest BCUT2D eigenvalue weighted by Gasteiger charge is -2.10. The molecule has 1 atom stereocenters. The van der Waals surface area contributed by atoms with Gasteiger partial charge in [-0.2, -0.15) is 0 Å². The van der Waals surface area contributed by atoms with Gasteiger partial charge in [0.15, 0.2) is 0 Å². The summed E-state index contributed by atoms with van der Waals surface area (Å²) in [5, 5.41) is 0. The summed E-state index contributed by atoms with van der Waals surface area (Å²) in [5.41, 5.74) is 8.11. The molecule has 0 fully saturated rings. The van der Waals surface area contributed by atoms with Gasteiger partial charge in [-0.05, 0) is 64.9 Å². The lowest BCUT2D eigenvalue weighted by atomic mass is 10.1. The first-order valence-electron chi connectivity index (χ1n) is 5.88. The highest BCUT2D eigenvalue weighted by molar-refractivity contribution is 14.1. The first kappa shape index (κ1) is 13.4. The number of rotatable bonds is 4. The Balaban J connectivity index is 2.01. The molecule has 0 unspecified atom stereocenters. The monoisotopic (exact) mass is 353 g/mol. The molecular formula is C15H16INO. The summed E-state index contributed by atoms with van der Waals surface area (Å²) in [6.45, 7) is 2.55. The van der Waals surface area contributed by atoms with E-state index in [1.54, 1.807) is 0 Å². The second kappa shape index (κ2) is 6.20. The molecule has 0 aliphatic carbocycles. The number of benzene rings is 2. The van der Waals surface area contributed by atoms with Crippen molar-refractivity contribution in [2.75, 3.05) is 0 Å². The van der Waals surface area contributed by atoms with Gasteiger partial charge in [0.05, 0.1) is 0 Å². The molecule has 2 aromatic rings. The minimum absolute atomic E-state index is 0.0341. The first-order chi connectivity index (χ1) is 8.65. The van der Waals surface area contributed by atoms with Crippen LogP contribution in [0.4, 0.5) is 0 Å². The third-order valence-electron chi connectivity index (χ3n) is 2.70. The van der Waals surface area contributed by atoms with Gasteiger partial charge in [0.25, 0.3) is 0 Å². The molecule has 0 radical (unpaired) electrons. The lowest BCUT2D eigenvalue weighted by molar-refractivity contribution is 0.306. The SMILES string of the molecule is C[C@@H](N)c1cccc(OCc2ccc(I)cc2)c1.